The number of carbonyl (C=O) groups excluding carboxylic acids is 1. The molecule has 3 aromatic carbocycles. The van der Waals surface area contributed by atoms with Crippen LogP contribution in [0.15, 0.2) is 83.3 Å². The molecule has 1 aromatic heterocycles. The Bertz CT molecular complexity index is 1390. The Labute approximate surface area is 213 Å². The van der Waals surface area contributed by atoms with E-state index < -0.39 is 5.92 Å². The Balaban J connectivity index is 1.46. The number of amides is 1. The van der Waals surface area contributed by atoms with Crippen molar-refractivity contribution in [2.24, 2.45) is 5.73 Å². The topological polar surface area (TPSA) is 59.5 Å². The van der Waals surface area contributed by atoms with E-state index in [9.17, 15) is 13.6 Å². The molecule has 0 unspecified atom stereocenters. The minimum Gasteiger partial charge on any atom is -0.460 e. The van der Waals surface area contributed by atoms with Crippen molar-refractivity contribution in [1.29, 1.82) is 0 Å². The number of hydrogen-bond donors (Lipinski definition) is 1. The molecule has 0 aliphatic carbocycles. The molecule has 1 amide bonds. The minimum atomic E-state index is -2.69. The van der Waals surface area contributed by atoms with E-state index in [1.165, 1.54) is 4.90 Å². The summed E-state index contributed by atoms with van der Waals surface area (Å²) in [5.74, 6) is -1.50. The number of likely N-dealkylation sites (tertiary alicyclic amines) is 1. The molecule has 1 saturated heterocycles. The smallest absolute Gasteiger partial charge is 0.253 e. The lowest BCUT2D eigenvalue weighted by Gasteiger charge is -2.31. The third-order valence-corrected chi connectivity index (χ3v) is 6.77. The first-order valence-corrected chi connectivity index (χ1v) is 12.2. The molecule has 0 bridgehead atoms. The number of piperidine rings is 1. The van der Waals surface area contributed by atoms with Crippen molar-refractivity contribution in [2.75, 3.05) is 13.1 Å². The number of nitrogens with two attached hydrogens (primary N) is 1. The Kier molecular flexibility index (Phi) is 6.65. The highest BCUT2D eigenvalue weighted by Crippen LogP contribution is 2.37. The second-order valence-corrected chi connectivity index (χ2v) is 9.40. The summed E-state index contributed by atoms with van der Waals surface area (Å²) in [6, 6.07) is 24.7. The van der Waals surface area contributed by atoms with Gasteiger partial charge in [0.1, 0.15) is 11.5 Å². The van der Waals surface area contributed by atoms with Crippen molar-refractivity contribution in [3.8, 4) is 33.6 Å². The highest BCUT2D eigenvalue weighted by Gasteiger charge is 2.35. The van der Waals surface area contributed by atoms with Crippen LogP contribution in [0, 0.1) is 0 Å². The van der Waals surface area contributed by atoms with Crippen LogP contribution in [-0.4, -0.2) is 29.8 Å². The number of halogens is 3. The lowest BCUT2D eigenvalue weighted by Crippen LogP contribution is -2.42. The lowest BCUT2D eigenvalue weighted by atomic mass is 9.93. The average molecular weight is 507 g/mol. The van der Waals surface area contributed by atoms with Gasteiger partial charge in [-0.15, -0.1) is 0 Å². The number of benzene rings is 3. The van der Waals surface area contributed by atoms with Crippen molar-refractivity contribution in [1.82, 2.24) is 4.90 Å². The van der Waals surface area contributed by atoms with E-state index in [0.29, 0.717) is 28.7 Å². The molecule has 4 aromatic rings. The van der Waals surface area contributed by atoms with E-state index in [4.69, 9.17) is 21.8 Å². The minimum absolute atomic E-state index is 0.0662. The van der Waals surface area contributed by atoms with Gasteiger partial charge in [0.15, 0.2) is 0 Å². The summed E-state index contributed by atoms with van der Waals surface area (Å²) in [7, 11) is 0. The van der Waals surface area contributed by atoms with Gasteiger partial charge in [0.2, 0.25) is 0 Å². The van der Waals surface area contributed by atoms with Crippen LogP contribution in [0.25, 0.3) is 33.6 Å². The van der Waals surface area contributed by atoms with Gasteiger partial charge < -0.3 is 15.1 Å². The molecular formula is C29H25ClF2N2O2. The Morgan fingerprint density at radius 3 is 2.28 bits per heavy atom. The van der Waals surface area contributed by atoms with E-state index >= 15 is 0 Å². The van der Waals surface area contributed by atoms with Crippen LogP contribution in [0.2, 0.25) is 5.02 Å². The van der Waals surface area contributed by atoms with Crippen molar-refractivity contribution in [3.05, 3.63) is 95.2 Å². The van der Waals surface area contributed by atoms with Gasteiger partial charge in [0, 0.05) is 42.1 Å². The fourth-order valence-electron chi connectivity index (χ4n) is 4.49. The van der Waals surface area contributed by atoms with E-state index in [1.54, 1.807) is 12.1 Å². The summed E-state index contributed by atoms with van der Waals surface area (Å²) in [6.07, 6.45) is -0.588. The largest absolute Gasteiger partial charge is 0.460 e. The third kappa shape index (κ3) is 5.06. The van der Waals surface area contributed by atoms with Gasteiger partial charge in [-0.05, 0) is 70.8 Å². The van der Waals surface area contributed by atoms with Gasteiger partial charge in [0.05, 0.1) is 6.54 Å². The number of furan rings is 1. The molecule has 184 valence electrons. The normalized spacial score (nSPS) is 15.2. The molecule has 5 rings (SSSR count). The first-order valence-electron chi connectivity index (χ1n) is 11.8. The zero-order valence-corrected chi connectivity index (χ0v) is 20.3. The average Bonchev–Trinajstić information content (AvgIpc) is 3.37. The SMILES string of the molecule is NCc1ccc(-c2ccc(-c3ccc(C(=O)N4CCC(F)(F)CC4)cc3)cc2-c2cccc(Cl)c2)o1. The van der Waals surface area contributed by atoms with Gasteiger partial charge >= 0.3 is 0 Å². The van der Waals surface area contributed by atoms with Gasteiger partial charge in [-0.25, -0.2) is 8.78 Å². The molecule has 2 N–H and O–H groups in total. The predicted molar refractivity (Wildman–Crippen MR) is 138 cm³/mol. The summed E-state index contributed by atoms with van der Waals surface area (Å²) < 4.78 is 32.8. The number of rotatable bonds is 5. The van der Waals surface area contributed by atoms with E-state index in [2.05, 4.69) is 6.07 Å². The lowest BCUT2D eigenvalue weighted by molar-refractivity contribution is -0.0494. The highest BCUT2D eigenvalue weighted by atomic mass is 35.5. The Hall–Kier alpha value is -3.48. The molecule has 1 aliphatic rings. The maximum atomic E-state index is 13.5. The second-order valence-electron chi connectivity index (χ2n) is 8.97. The zero-order valence-electron chi connectivity index (χ0n) is 19.5. The molecule has 36 heavy (non-hydrogen) atoms. The molecule has 1 fully saturated rings. The van der Waals surface area contributed by atoms with Crippen molar-refractivity contribution in [3.63, 3.8) is 0 Å². The number of carbonyl (C=O) groups is 1. The summed E-state index contributed by atoms with van der Waals surface area (Å²) in [6.45, 7) is 0.447. The first-order chi connectivity index (χ1) is 17.3. The third-order valence-electron chi connectivity index (χ3n) is 6.53. The van der Waals surface area contributed by atoms with Crippen molar-refractivity contribution in [2.45, 2.75) is 25.3 Å². The molecule has 0 radical (unpaired) electrons. The Morgan fingerprint density at radius 1 is 0.889 bits per heavy atom. The summed E-state index contributed by atoms with van der Waals surface area (Å²) in [5, 5.41) is 0.629. The quantitative estimate of drug-likeness (QED) is 0.310. The number of hydrogen-bond acceptors (Lipinski definition) is 3. The molecule has 2 heterocycles. The van der Waals surface area contributed by atoms with Crippen LogP contribution in [0.5, 0.6) is 0 Å². The maximum absolute atomic E-state index is 13.5. The van der Waals surface area contributed by atoms with Crippen LogP contribution in [0.1, 0.15) is 29.0 Å². The molecule has 7 heteroatoms. The van der Waals surface area contributed by atoms with Crippen LogP contribution in [0.4, 0.5) is 8.78 Å². The van der Waals surface area contributed by atoms with Crippen molar-refractivity contribution >= 4 is 17.5 Å². The van der Waals surface area contributed by atoms with Gasteiger partial charge in [-0.2, -0.15) is 0 Å². The monoisotopic (exact) mass is 506 g/mol. The van der Waals surface area contributed by atoms with E-state index in [-0.39, 0.29) is 31.8 Å². The molecule has 0 saturated carbocycles. The van der Waals surface area contributed by atoms with Gasteiger partial charge in [0.25, 0.3) is 11.8 Å². The number of alkyl halides is 2. The van der Waals surface area contributed by atoms with Crippen molar-refractivity contribution < 1.29 is 18.0 Å². The predicted octanol–water partition coefficient (Wildman–Crippen LogP) is 7.26. The van der Waals surface area contributed by atoms with Gasteiger partial charge in [-0.3, -0.25) is 4.79 Å². The summed E-state index contributed by atoms with van der Waals surface area (Å²) in [5.41, 5.74) is 10.9. The van der Waals surface area contributed by atoms with E-state index in [1.807, 2.05) is 60.7 Å². The molecular weight excluding hydrogens is 482 g/mol. The fraction of sp³-hybridized carbons (Fsp3) is 0.207. The molecule has 0 atom stereocenters. The highest BCUT2D eigenvalue weighted by molar-refractivity contribution is 6.30. The van der Waals surface area contributed by atoms with Crippen LogP contribution in [0.3, 0.4) is 0 Å². The fourth-order valence-corrected chi connectivity index (χ4v) is 4.68. The second kappa shape index (κ2) is 9.88. The maximum Gasteiger partial charge on any atom is 0.253 e. The van der Waals surface area contributed by atoms with Gasteiger partial charge in [-0.1, -0.05) is 41.9 Å². The summed E-state index contributed by atoms with van der Waals surface area (Å²) in [4.78, 5) is 14.3. The first kappa shape index (κ1) is 24.2. The van der Waals surface area contributed by atoms with Crippen LogP contribution in [-0.2, 0) is 6.54 Å². The molecule has 4 nitrogen and oxygen atoms in total. The molecule has 0 spiro atoms. The van der Waals surface area contributed by atoms with Crippen LogP contribution < -0.4 is 5.73 Å². The summed E-state index contributed by atoms with van der Waals surface area (Å²) >= 11 is 6.29. The van der Waals surface area contributed by atoms with E-state index in [0.717, 1.165) is 27.8 Å². The number of nitrogens with zero attached hydrogens (tertiary/aromatic N) is 1. The zero-order chi connectivity index (χ0) is 25.3. The Morgan fingerprint density at radius 2 is 1.61 bits per heavy atom. The standard InChI is InChI=1S/C29H25ClF2N2O2/c30-23-3-1-2-22(16-23)26-17-21(8-10-25(26)27-11-9-24(18-33)36-27)19-4-6-20(7-5-19)28(35)34-14-12-29(31,32)13-15-34/h1-11,16-17H,12-15,18,33H2. The van der Waals surface area contributed by atoms with Crippen LogP contribution >= 0.6 is 11.6 Å². The molecule has 1 aliphatic heterocycles.